The summed E-state index contributed by atoms with van der Waals surface area (Å²) in [6.45, 7) is 5.01. The van der Waals surface area contributed by atoms with Crippen molar-refractivity contribution in [2.75, 3.05) is 20.1 Å². The summed E-state index contributed by atoms with van der Waals surface area (Å²) in [6.07, 6.45) is 1.95. The van der Waals surface area contributed by atoms with Crippen molar-refractivity contribution in [1.82, 2.24) is 9.62 Å². The van der Waals surface area contributed by atoms with Crippen LogP contribution in [0.15, 0.2) is 23.1 Å². The number of likely N-dealkylation sites (N-methyl/N-ethyl adjacent to an activating group) is 1. The van der Waals surface area contributed by atoms with Gasteiger partial charge in [-0.05, 0) is 45.4 Å². The van der Waals surface area contributed by atoms with Crippen LogP contribution >= 0.6 is 0 Å². The number of hydrogen-bond acceptors (Lipinski definition) is 3. The standard InChI is InChI=1S/C14H22N2O2S/c1-11-6-7-14(12(2)9-11)19(17,18)16-8-4-5-13(10-16)15-3/h6-7,9,13,15H,4-5,8,10H2,1-3H3/t13-/m1/s1. The number of hydrogen-bond donors (Lipinski definition) is 1. The van der Waals surface area contributed by atoms with Crippen molar-refractivity contribution in [3.63, 3.8) is 0 Å². The van der Waals surface area contributed by atoms with E-state index in [-0.39, 0.29) is 6.04 Å². The second-order valence-corrected chi connectivity index (χ2v) is 7.17. The normalized spacial score (nSPS) is 21.5. The molecule has 0 bridgehead atoms. The molecule has 19 heavy (non-hydrogen) atoms. The Hall–Kier alpha value is -0.910. The highest BCUT2D eigenvalue weighted by Gasteiger charge is 2.30. The highest BCUT2D eigenvalue weighted by atomic mass is 32.2. The van der Waals surface area contributed by atoms with E-state index >= 15 is 0 Å². The van der Waals surface area contributed by atoms with Crippen LogP contribution in [0.5, 0.6) is 0 Å². The van der Waals surface area contributed by atoms with E-state index in [0.717, 1.165) is 24.0 Å². The first-order valence-electron chi connectivity index (χ1n) is 6.70. The summed E-state index contributed by atoms with van der Waals surface area (Å²) in [7, 11) is -1.47. The molecule has 4 nitrogen and oxygen atoms in total. The van der Waals surface area contributed by atoms with Crippen molar-refractivity contribution in [2.24, 2.45) is 0 Å². The molecule has 0 unspecified atom stereocenters. The lowest BCUT2D eigenvalue weighted by atomic mass is 10.1. The fourth-order valence-electron chi connectivity index (χ4n) is 2.62. The smallest absolute Gasteiger partial charge is 0.243 e. The lowest BCUT2D eigenvalue weighted by Gasteiger charge is -2.32. The van der Waals surface area contributed by atoms with Crippen LogP contribution in [0.25, 0.3) is 0 Å². The minimum atomic E-state index is -3.36. The third-order valence-electron chi connectivity index (χ3n) is 3.74. The van der Waals surface area contributed by atoms with Gasteiger partial charge < -0.3 is 5.32 Å². The van der Waals surface area contributed by atoms with Crippen molar-refractivity contribution >= 4 is 10.0 Å². The molecule has 1 N–H and O–H groups in total. The summed E-state index contributed by atoms with van der Waals surface area (Å²) in [6, 6.07) is 5.77. The lowest BCUT2D eigenvalue weighted by molar-refractivity contribution is 0.292. The molecular formula is C14H22N2O2S. The van der Waals surface area contributed by atoms with Crippen LogP contribution in [0, 0.1) is 13.8 Å². The van der Waals surface area contributed by atoms with Crippen LogP contribution in [0.3, 0.4) is 0 Å². The average Bonchev–Trinajstić information content (AvgIpc) is 2.38. The number of sulfonamides is 1. The van der Waals surface area contributed by atoms with Gasteiger partial charge in [0.05, 0.1) is 4.90 Å². The maximum absolute atomic E-state index is 12.7. The molecule has 0 radical (unpaired) electrons. The van der Waals surface area contributed by atoms with Gasteiger partial charge in [-0.25, -0.2) is 8.42 Å². The van der Waals surface area contributed by atoms with Gasteiger partial charge in [0, 0.05) is 19.1 Å². The van der Waals surface area contributed by atoms with Crippen molar-refractivity contribution in [1.29, 1.82) is 0 Å². The highest BCUT2D eigenvalue weighted by molar-refractivity contribution is 7.89. The maximum atomic E-state index is 12.7. The number of benzene rings is 1. The third kappa shape index (κ3) is 2.99. The monoisotopic (exact) mass is 282 g/mol. The molecule has 1 aromatic carbocycles. The first kappa shape index (κ1) is 14.5. The van der Waals surface area contributed by atoms with Crippen LogP contribution in [0.4, 0.5) is 0 Å². The molecular weight excluding hydrogens is 260 g/mol. The Balaban J connectivity index is 2.31. The molecule has 1 aliphatic rings. The van der Waals surface area contributed by atoms with Gasteiger partial charge in [-0.15, -0.1) is 0 Å². The Labute approximate surface area is 115 Å². The van der Waals surface area contributed by atoms with E-state index < -0.39 is 10.0 Å². The molecule has 1 fully saturated rings. The topological polar surface area (TPSA) is 49.4 Å². The van der Waals surface area contributed by atoms with Gasteiger partial charge in [0.1, 0.15) is 0 Å². The zero-order chi connectivity index (χ0) is 14.0. The van der Waals surface area contributed by atoms with Gasteiger partial charge in [0.25, 0.3) is 0 Å². The second kappa shape index (κ2) is 5.61. The molecule has 0 aliphatic carbocycles. The molecule has 1 atom stereocenters. The fraction of sp³-hybridized carbons (Fsp3) is 0.571. The number of rotatable bonds is 3. The highest BCUT2D eigenvalue weighted by Crippen LogP contribution is 2.23. The van der Waals surface area contributed by atoms with E-state index in [1.165, 1.54) is 0 Å². The van der Waals surface area contributed by atoms with Crippen LogP contribution in [0.1, 0.15) is 24.0 Å². The molecule has 1 saturated heterocycles. The quantitative estimate of drug-likeness (QED) is 0.917. The second-order valence-electron chi connectivity index (χ2n) is 5.26. The van der Waals surface area contributed by atoms with Gasteiger partial charge in [0.2, 0.25) is 10.0 Å². The summed E-state index contributed by atoms with van der Waals surface area (Å²) in [5.74, 6) is 0. The zero-order valence-corrected chi connectivity index (χ0v) is 12.6. The third-order valence-corrected chi connectivity index (χ3v) is 5.77. The molecule has 1 aromatic rings. The fourth-order valence-corrected chi connectivity index (χ4v) is 4.35. The number of nitrogens with one attached hydrogen (secondary N) is 1. The minimum Gasteiger partial charge on any atom is -0.316 e. The van der Waals surface area contributed by atoms with Gasteiger partial charge in [-0.1, -0.05) is 17.7 Å². The Kier molecular flexibility index (Phi) is 4.28. The van der Waals surface area contributed by atoms with Crippen molar-refractivity contribution < 1.29 is 8.42 Å². The Bertz CT molecular complexity index is 555. The SMILES string of the molecule is CN[C@@H]1CCCN(S(=O)(=O)c2ccc(C)cc2C)C1. The van der Waals surface area contributed by atoms with Crippen LogP contribution < -0.4 is 5.32 Å². The summed E-state index contributed by atoms with van der Waals surface area (Å²) < 4.78 is 27.0. The zero-order valence-electron chi connectivity index (χ0n) is 11.8. The molecule has 1 heterocycles. The van der Waals surface area contributed by atoms with E-state index in [1.54, 1.807) is 10.4 Å². The minimum absolute atomic E-state index is 0.259. The molecule has 106 valence electrons. The summed E-state index contributed by atoms with van der Waals surface area (Å²) in [5, 5.41) is 3.18. The molecule has 0 aromatic heterocycles. The van der Waals surface area contributed by atoms with E-state index in [1.807, 2.05) is 33.0 Å². The largest absolute Gasteiger partial charge is 0.316 e. The molecule has 2 rings (SSSR count). The van der Waals surface area contributed by atoms with Crippen molar-refractivity contribution in [3.05, 3.63) is 29.3 Å². The van der Waals surface area contributed by atoms with E-state index in [2.05, 4.69) is 5.32 Å². The molecule has 1 aliphatic heterocycles. The Morgan fingerprint density at radius 3 is 2.68 bits per heavy atom. The summed E-state index contributed by atoms with van der Waals surface area (Å²) in [4.78, 5) is 0.440. The first-order chi connectivity index (χ1) is 8.95. The predicted octanol–water partition coefficient (Wildman–Crippen LogP) is 1.68. The Morgan fingerprint density at radius 1 is 1.32 bits per heavy atom. The summed E-state index contributed by atoms with van der Waals surface area (Å²) >= 11 is 0. The van der Waals surface area contributed by atoms with E-state index in [0.29, 0.717) is 18.0 Å². The number of nitrogens with zero attached hydrogens (tertiary/aromatic N) is 1. The first-order valence-corrected chi connectivity index (χ1v) is 8.14. The maximum Gasteiger partial charge on any atom is 0.243 e. The van der Waals surface area contributed by atoms with Gasteiger partial charge in [-0.2, -0.15) is 4.31 Å². The van der Waals surface area contributed by atoms with Gasteiger partial charge >= 0.3 is 0 Å². The van der Waals surface area contributed by atoms with Crippen molar-refractivity contribution in [3.8, 4) is 0 Å². The van der Waals surface area contributed by atoms with Crippen LogP contribution in [0.2, 0.25) is 0 Å². The Morgan fingerprint density at radius 2 is 2.05 bits per heavy atom. The van der Waals surface area contributed by atoms with Crippen LogP contribution in [-0.4, -0.2) is 38.9 Å². The average molecular weight is 282 g/mol. The molecule has 0 spiro atoms. The van der Waals surface area contributed by atoms with Crippen LogP contribution in [-0.2, 0) is 10.0 Å². The van der Waals surface area contributed by atoms with E-state index in [4.69, 9.17) is 0 Å². The molecule has 0 saturated carbocycles. The van der Waals surface area contributed by atoms with Gasteiger partial charge in [0.15, 0.2) is 0 Å². The molecule has 5 heteroatoms. The lowest BCUT2D eigenvalue weighted by Crippen LogP contribution is -2.46. The van der Waals surface area contributed by atoms with Gasteiger partial charge in [-0.3, -0.25) is 0 Å². The number of aryl methyl sites for hydroxylation is 2. The molecule has 0 amide bonds. The summed E-state index contributed by atoms with van der Waals surface area (Å²) in [5.41, 5.74) is 1.91. The van der Waals surface area contributed by atoms with E-state index in [9.17, 15) is 8.42 Å². The number of piperidine rings is 1. The predicted molar refractivity (Wildman–Crippen MR) is 76.8 cm³/mol. The van der Waals surface area contributed by atoms with Crippen molar-refractivity contribution in [2.45, 2.75) is 37.6 Å².